The molecule has 1 atom stereocenters. The molecule has 3 heterocycles. The van der Waals surface area contributed by atoms with Crippen molar-refractivity contribution in [2.24, 2.45) is 0 Å². The molecule has 5 heteroatoms. The molecule has 1 fully saturated rings. The number of piperidine rings is 1. The van der Waals surface area contributed by atoms with Gasteiger partial charge in [-0.3, -0.25) is 0 Å². The van der Waals surface area contributed by atoms with E-state index in [4.69, 9.17) is 0 Å². The Morgan fingerprint density at radius 2 is 2.41 bits per heavy atom. The number of rotatable bonds is 3. The van der Waals surface area contributed by atoms with E-state index in [1.807, 2.05) is 18.3 Å². The molecule has 90 valence electrons. The Morgan fingerprint density at radius 1 is 1.41 bits per heavy atom. The lowest BCUT2D eigenvalue weighted by molar-refractivity contribution is 0.414. The highest BCUT2D eigenvalue weighted by molar-refractivity contribution is 5.45. The molecule has 5 nitrogen and oxygen atoms in total. The van der Waals surface area contributed by atoms with E-state index in [0.717, 1.165) is 24.6 Å². The first-order valence-corrected chi connectivity index (χ1v) is 6.19. The highest BCUT2D eigenvalue weighted by atomic mass is 15.2. The van der Waals surface area contributed by atoms with Gasteiger partial charge < -0.3 is 10.6 Å². The minimum absolute atomic E-state index is 0.576. The molecule has 0 aliphatic carbocycles. The fourth-order valence-electron chi connectivity index (χ4n) is 2.24. The summed E-state index contributed by atoms with van der Waals surface area (Å²) in [5.74, 6) is 0.922. The molecule has 1 aliphatic heterocycles. The average Bonchev–Trinajstić information content (AvgIpc) is 2.85. The molecule has 17 heavy (non-hydrogen) atoms. The Labute approximate surface area is 100 Å². The monoisotopic (exact) mass is 231 g/mol. The largest absolute Gasteiger partial charge is 0.368 e. The standard InChI is InChI=1S/C12H17N5/c1-2-6-13-10(3-1)9-14-11-5-8-17-12(16-11)4-7-15-17/h4-5,7-8,10,13H,1-3,6,9H2,(H,14,16). The van der Waals surface area contributed by atoms with Crippen molar-refractivity contribution in [2.45, 2.75) is 25.3 Å². The minimum atomic E-state index is 0.576. The Hall–Kier alpha value is -1.62. The van der Waals surface area contributed by atoms with Gasteiger partial charge in [0.2, 0.25) is 0 Å². The Morgan fingerprint density at radius 3 is 3.29 bits per heavy atom. The van der Waals surface area contributed by atoms with Crippen molar-refractivity contribution < 1.29 is 0 Å². The van der Waals surface area contributed by atoms with Gasteiger partial charge in [0.05, 0.1) is 6.20 Å². The van der Waals surface area contributed by atoms with Gasteiger partial charge >= 0.3 is 0 Å². The fraction of sp³-hybridized carbons (Fsp3) is 0.500. The van der Waals surface area contributed by atoms with Gasteiger partial charge in [0.25, 0.3) is 0 Å². The lowest BCUT2D eigenvalue weighted by Gasteiger charge is -2.23. The fourth-order valence-corrected chi connectivity index (χ4v) is 2.24. The molecule has 1 unspecified atom stereocenters. The molecule has 1 saturated heterocycles. The zero-order valence-corrected chi connectivity index (χ0v) is 9.76. The summed E-state index contributed by atoms with van der Waals surface area (Å²) in [7, 11) is 0. The topological polar surface area (TPSA) is 54.2 Å². The van der Waals surface area contributed by atoms with Gasteiger partial charge in [-0.05, 0) is 25.5 Å². The van der Waals surface area contributed by atoms with E-state index in [1.165, 1.54) is 19.3 Å². The van der Waals surface area contributed by atoms with Crippen LogP contribution in [-0.2, 0) is 0 Å². The quantitative estimate of drug-likeness (QED) is 0.835. The molecule has 0 spiro atoms. The normalized spacial score (nSPS) is 20.6. The average molecular weight is 231 g/mol. The lowest BCUT2D eigenvalue weighted by atomic mass is 10.1. The molecule has 0 aromatic carbocycles. The number of anilines is 1. The summed E-state index contributed by atoms with van der Waals surface area (Å²) in [5, 5.41) is 11.0. The number of nitrogens with one attached hydrogen (secondary N) is 2. The molecular formula is C12H17N5. The van der Waals surface area contributed by atoms with Crippen LogP contribution in [0.1, 0.15) is 19.3 Å². The van der Waals surface area contributed by atoms with E-state index < -0.39 is 0 Å². The molecule has 3 rings (SSSR count). The number of fused-ring (bicyclic) bond motifs is 1. The van der Waals surface area contributed by atoms with Gasteiger partial charge in [0.1, 0.15) is 5.82 Å². The number of hydrogen-bond donors (Lipinski definition) is 2. The van der Waals surface area contributed by atoms with Gasteiger partial charge in [-0.2, -0.15) is 5.10 Å². The van der Waals surface area contributed by atoms with Crippen LogP contribution in [0.2, 0.25) is 0 Å². The third kappa shape index (κ3) is 2.39. The first kappa shape index (κ1) is 10.5. The zero-order chi connectivity index (χ0) is 11.5. The third-order valence-electron chi connectivity index (χ3n) is 3.20. The summed E-state index contributed by atoms with van der Waals surface area (Å²) >= 11 is 0. The van der Waals surface area contributed by atoms with Crippen LogP contribution in [0.3, 0.4) is 0 Å². The number of nitrogens with zero attached hydrogens (tertiary/aromatic N) is 3. The van der Waals surface area contributed by atoms with Crippen LogP contribution in [-0.4, -0.2) is 33.7 Å². The van der Waals surface area contributed by atoms with Crippen LogP contribution in [0, 0.1) is 0 Å². The van der Waals surface area contributed by atoms with Gasteiger partial charge in [-0.15, -0.1) is 0 Å². The van der Waals surface area contributed by atoms with Crippen molar-refractivity contribution in [1.29, 1.82) is 0 Å². The maximum absolute atomic E-state index is 4.48. The van der Waals surface area contributed by atoms with Crippen LogP contribution >= 0.6 is 0 Å². The summed E-state index contributed by atoms with van der Waals surface area (Å²) in [5.41, 5.74) is 0.881. The highest BCUT2D eigenvalue weighted by Gasteiger charge is 2.11. The Balaban J connectivity index is 1.63. The summed E-state index contributed by atoms with van der Waals surface area (Å²) in [6.07, 6.45) is 7.57. The van der Waals surface area contributed by atoms with Gasteiger partial charge in [0, 0.05) is 24.8 Å². The minimum Gasteiger partial charge on any atom is -0.368 e. The highest BCUT2D eigenvalue weighted by Crippen LogP contribution is 2.09. The summed E-state index contributed by atoms with van der Waals surface area (Å²) in [6, 6.07) is 4.44. The van der Waals surface area contributed by atoms with Crippen LogP contribution in [0.25, 0.3) is 5.65 Å². The predicted molar refractivity (Wildman–Crippen MR) is 67.1 cm³/mol. The van der Waals surface area contributed by atoms with E-state index in [1.54, 1.807) is 10.7 Å². The molecule has 2 aromatic heterocycles. The molecule has 0 amide bonds. The molecule has 2 aromatic rings. The van der Waals surface area contributed by atoms with Crippen LogP contribution in [0.5, 0.6) is 0 Å². The lowest BCUT2D eigenvalue weighted by Crippen LogP contribution is -2.39. The maximum Gasteiger partial charge on any atom is 0.157 e. The van der Waals surface area contributed by atoms with Crippen molar-refractivity contribution in [3.63, 3.8) is 0 Å². The van der Waals surface area contributed by atoms with Crippen molar-refractivity contribution in [1.82, 2.24) is 19.9 Å². The summed E-state index contributed by atoms with van der Waals surface area (Å²) in [6.45, 7) is 2.08. The summed E-state index contributed by atoms with van der Waals surface area (Å²) in [4.78, 5) is 4.48. The second-order valence-electron chi connectivity index (χ2n) is 4.47. The van der Waals surface area contributed by atoms with Crippen molar-refractivity contribution in [2.75, 3.05) is 18.4 Å². The smallest absolute Gasteiger partial charge is 0.157 e. The Kier molecular flexibility index (Phi) is 2.92. The van der Waals surface area contributed by atoms with Crippen LogP contribution in [0.4, 0.5) is 5.82 Å². The SMILES string of the molecule is c1cc2nc(NCC3CCCCN3)ccn2n1. The van der Waals surface area contributed by atoms with E-state index in [9.17, 15) is 0 Å². The second-order valence-corrected chi connectivity index (χ2v) is 4.47. The third-order valence-corrected chi connectivity index (χ3v) is 3.20. The second kappa shape index (κ2) is 4.71. The zero-order valence-electron chi connectivity index (χ0n) is 9.76. The molecule has 0 radical (unpaired) electrons. The molecule has 1 aliphatic rings. The molecular weight excluding hydrogens is 214 g/mol. The Bertz CT molecular complexity index is 486. The number of aromatic nitrogens is 3. The van der Waals surface area contributed by atoms with E-state index in [-0.39, 0.29) is 0 Å². The van der Waals surface area contributed by atoms with Crippen molar-refractivity contribution >= 4 is 11.5 Å². The first-order valence-electron chi connectivity index (χ1n) is 6.19. The van der Waals surface area contributed by atoms with Crippen molar-refractivity contribution in [3.8, 4) is 0 Å². The predicted octanol–water partition coefficient (Wildman–Crippen LogP) is 1.28. The maximum atomic E-state index is 4.48. The summed E-state index contributed by atoms with van der Waals surface area (Å²) < 4.78 is 1.77. The number of hydrogen-bond acceptors (Lipinski definition) is 4. The molecule has 0 saturated carbocycles. The van der Waals surface area contributed by atoms with E-state index in [2.05, 4.69) is 20.7 Å². The van der Waals surface area contributed by atoms with Crippen LogP contribution < -0.4 is 10.6 Å². The molecule has 0 bridgehead atoms. The van der Waals surface area contributed by atoms with E-state index >= 15 is 0 Å². The van der Waals surface area contributed by atoms with Gasteiger partial charge in [-0.1, -0.05) is 6.42 Å². The van der Waals surface area contributed by atoms with Gasteiger partial charge in [0.15, 0.2) is 5.65 Å². The molecule has 2 N–H and O–H groups in total. The van der Waals surface area contributed by atoms with E-state index in [0.29, 0.717) is 6.04 Å². The van der Waals surface area contributed by atoms with Gasteiger partial charge in [-0.25, -0.2) is 9.50 Å². The van der Waals surface area contributed by atoms with Crippen molar-refractivity contribution in [3.05, 3.63) is 24.5 Å². The first-order chi connectivity index (χ1) is 8.42. The van der Waals surface area contributed by atoms with Crippen LogP contribution in [0.15, 0.2) is 24.5 Å².